The Morgan fingerprint density at radius 3 is 3.05 bits per heavy atom. The molecule has 2 aromatic heterocycles. The molecule has 0 bridgehead atoms. The number of aromatic nitrogens is 2. The second-order valence-corrected chi connectivity index (χ2v) is 6.26. The molecule has 1 amide bonds. The number of nitrogens with zero attached hydrogens (tertiary/aromatic N) is 2. The van der Waals surface area contributed by atoms with Crippen molar-refractivity contribution < 1.29 is 9.21 Å². The number of fused-ring (bicyclic) bond motifs is 1. The van der Waals surface area contributed by atoms with Crippen LogP contribution in [0.2, 0.25) is 0 Å². The van der Waals surface area contributed by atoms with Crippen molar-refractivity contribution in [2.45, 2.75) is 25.8 Å². The first-order chi connectivity index (χ1) is 10.7. The van der Waals surface area contributed by atoms with Gasteiger partial charge in [-0.1, -0.05) is 6.07 Å². The molecule has 2 N–H and O–H groups in total. The summed E-state index contributed by atoms with van der Waals surface area (Å²) in [7, 11) is 0. The molecule has 112 valence electrons. The minimum atomic E-state index is -0.125. The Morgan fingerprint density at radius 2 is 2.23 bits per heavy atom. The molecule has 1 aliphatic rings. The number of oxazole rings is 1. The molecule has 4 rings (SSSR count). The smallest absolute Gasteiger partial charge is 0.302 e. The normalized spacial score (nSPS) is 14.2. The SMILES string of the molecule is Cc1ccc2oc(Nc3nc(C(=O)NC4CC4)cs3)nc2c1. The van der Waals surface area contributed by atoms with Gasteiger partial charge in [0, 0.05) is 11.4 Å². The number of aryl methyl sites for hydroxylation is 1. The molecule has 0 atom stereocenters. The van der Waals surface area contributed by atoms with E-state index in [1.54, 1.807) is 5.38 Å². The molecular weight excluding hydrogens is 300 g/mol. The summed E-state index contributed by atoms with van der Waals surface area (Å²) in [6.07, 6.45) is 2.12. The van der Waals surface area contributed by atoms with Gasteiger partial charge in [-0.15, -0.1) is 11.3 Å². The Morgan fingerprint density at radius 1 is 1.36 bits per heavy atom. The van der Waals surface area contributed by atoms with Crippen molar-refractivity contribution in [2.24, 2.45) is 0 Å². The van der Waals surface area contributed by atoms with Gasteiger partial charge in [0.15, 0.2) is 10.7 Å². The van der Waals surface area contributed by atoms with E-state index in [4.69, 9.17) is 4.42 Å². The molecule has 0 saturated heterocycles. The Hall–Kier alpha value is -2.41. The lowest BCUT2D eigenvalue weighted by Crippen LogP contribution is -2.25. The Balaban J connectivity index is 1.52. The highest BCUT2D eigenvalue weighted by molar-refractivity contribution is 7.14. The van der Waals surface area contributed by atoms with Gasteiger partial charge in [0.1, 0.15) is 11.2 Å². The molecule has 3 aromatic rings. The molecule has 0 aliphatic heterocycles. The molecule has 1 aromatic carbocycles. The maximum absolute atomic E-state index is 11.9. The topological polar surface area (TPSA) is 80.0 Å². The molecule has 0 spiro atoms. The van der Waals surface area contributed by atoms with Gasteiger partial charge in [-0.25, -0.2) is 4.98 Å². The summed E-state index contributed by atoms with van der Waals surface area (Å²) < 4.78 is 5.62. The summed E-state index contributed by atoms with van der Waals surface area (Å²) >= 11 is 1.35. The number of thiazole rings is 1. The first-order valence-corrected chi connectivity index (χ1v) is 7.96. The Labute approximate surface area is 130 Å². The van der Waals surface area contributed by atoms with Crippen molar-refractivity contribution in [2.75, 3.05) is 5.32 Å². The number of hydrogen-bond donors (Lipinski definition) is 2. The predicted octanol–water partition coefficient (Wildman–Crippen LogP) is 3.23. The number of carbonyl (C=O) groups excluding carboxylic acids is 1. The van der Waals surface area contributed by atoms with Crippen LogP contribution in [0.4, 0.5) is 11.1 Å². The van der Waals surface area contributed by atoms with Crippen LogP contribution in [0.1, 0.15) is 28.9 Å². The minimum absolute atomic E-state index is 0.125. The third-order valence-corrected chi connectivity index (χ3v) is 4.16. The first kappa shape index (κ1) is 13.3. The molecule has 7 heteroatoms. The van der Waals surface area contributed by atoms with Gasteiger partial charge in [-0.05, 0) is 37.5 Å². The van der Waals surface area contributed by atoms with Crippen LogP contribution in [0.25, 0.3) is 11.1 Å². The molecule has 1 aliphatic carbocycles. The molecule has 0 unspecified atom stereocenters. The molecule has 2 heterocycles. The number of amides is 1. The maximum atomic E-state index is 11.9. The Kier molecular flexibility index (Phi) is 3.07. The number of nitrogens with one attached hydrogen (secondary N) is 2. The van der Waals surface area contributed by atoms with Crippen LogP contribution >= 0.6 is 11.3 Å². The van der Waals surface area contributed by atoms with Crippen LogP contribution < -0.4 is 10.6 Å². The minimum Gasteiger partial charge on any atom is -0.423 e. The number of anilines is 2. The van der Waals surface area contributed by atoms with Gasteiger partial charge in [0.2, 0.25) is 0 Å². The molecule has 1 fully saturated rings. The highest BCUT2D eigenvalue weighted by atomic mass is 32.1. The van der Waals surface area contributed by atoms with E-state index in [1.165, 1.54) is 11.3 Å². The van der Waals surface area contributed by atoms with Crippen LogP contribution in [0, 0.1) is 6.92 Å². The monoisotopic (exact) mass is 314 g/mol. The fourth-order valence-corrected chi connectivity index (χ4v) is 2.79. The Bertz CT molecular complexity index is 850. The summed E-state index contributed by atoms with van der Waals surface area (Å²) in [5, 5.41) is 8.24. The van der Waals surface area contributed by atoms with Gasteiger partial charge in [0.05, 0.1) is 0 Å². The molecular formula is C15H14N4O2S. The van der Waals surface area contributed by atoms with E-state index in [0.29, 0.717) is 22.9 Å². The quantitative estimate of drug-likeness (QED) is 0.773. The van der Waals surface area contributed by atoms with Gasteiger partial charge in [0.25, 0.3) is 5.91 Å². The van der Waals surface area contributed by atoms with Crippen molar-refractivity contribution in [3.63, 3.8) is 0 Å². The second kappa shape index (κ2) is 5.10. The van der Waals surface area contributed by atoms with E-state index in [-0.39, 0.29) is 5.91 Å². The lowest BCUT2D eigenvalue weighted by molar-refractivity contribution is 0.0947. The summed E-state index contributed by atoms with van der Waals surface area (Å²) in [5.41, 5.74) is 3.06. The summed E-state index contributed by atoms with van der Waals surface area (Å²) in [6, 6.07) is 6.52. The molecule has 0 radical (unpaired) electrons. The van der Waals surface area contributed by atoms with Crippen LogP contribution in [0.3, 0.4) is 0 Å². The average molecular weight is 314 g/mol. The lowest BCUT2D eigenvalue weighted by atomic mass is 10.2. The predicted molar refractivity (Wildman–Crippen MR) is 84.6 cm³/mol. The summed E-state index contributed by atoms with van der Waals surface area (Å²) in [4.78, 5) is 20.5. The number of carbonyl (C=O) groups is 1. The van der Waals surface area contributed by atoms with E-state index in [9.17, 15) is 4.79 Å². The second-order valence-electron chi connectivity index (χ2n) is 5.40. The fourth-order valence-electron chi connectivity index (χ4n) is 2.10. The van der Waals surface area contributed by atoms with Crippen molar-refractivity contribution in [3.05, 3.63) is 34.8 Å². The van der Waals surface area contributed by atoms with Gasteiger partial charge >= 0.3 is 6.01 Å². The van der Waals surface area contributed by atoms with Crippen molar-refractivity contribution in [3.8, 4) is 0 Å². The van der Waals surface area contributed by atoms with Crippen LogP contribution in [0.5, 0.6) is 0 Å². The van der Waals surface area contributed by atoms with Crippen molar-refractivity contribution in [1.82, 2.24) is 15.3 Å². The fraction of sp³-hybridized carbons (Fsp3) is 0.267. The highest BCUT2D eigenvalue weighted by Crippen LogP contribution is 2.25. The lowest BCUT2D eigenvalue weighted by Gasteiger charge is -1.98. The van der Waals surface area contributed by atoms with Crippen LogP contribution in [-0.4, -0.2) is 21.9 Å². The van der Waals surface area contributed by atoms with E-state index in [0.717, 1.165) is 29.5 Å². The largest absolute Gasteiger partial charge is 0.423 e. The van der Waals surface area contributed by atoms with Gasteiger partial charge in [-0.3, -0.25) is 10.1 Å². The van der Waals surface area contributed by atoms with Crippen LogP contribution in [0.15, 0.2) is 28.0 Å². The van der Waals surface area contributed by atoms with Crippen molar-refractivity contribution >= 4 is 39.5 Å². The summed E-state index contributed by atoms with van der Waals surface area (Å²) in [5.74, 6) is -0.125. The van der Waals surface area contributed by atoms with Crippen molar-refractivity contribution in [1.29, 1.82) is 0 Å². The zero-order valence-electron chi connectivity index (χ0n) is 11.9. The third-order valence-electron chi connectivity index (χ3n) is 3.41. The molecule has 1 saturated carbocycles. The number of benzene rings is 1. The van der Waals surface area contributed by atoms with E-state index in [2.05, 4.69) is 20.6 Å². The zero-order chi connectivity index (χ0) is 15.1. The van der Waals surface area contributed by atoms with E-state index >= 15 is 0 Å². The van der Waals surface area contributed by atoms with Gasteiger partial charge in [-0.2, -0.15) is 4.98 Å². The third kappa shape index (κ3) is 2.67. The number of rotatable bonds is 4. The summed E-state index contributed by atoms with van der Waals surface area (Å²) in [6.45, 7) is 2.01. The number of hydrogen-bond acceptors (Lipinski definition) is 6. The average Bonchev–Trinajstić information content (AvgIpc) is 3.03. The molecule has 6 nitrogen and oxygen atoms in total. The zero-order valence-corrected chi connectivity index (χ0v) is 12.7. The molecule has 22 heavy (non-hydrogen) atoms. The van der Waals surface area contributed by atoms with E-state index in [1.807, 2.05) is 25.1 Å². The van der Waals surface area contributed by atoms with Crippen LogP contribution in [-0.2, 0) is 0 Å². The highest BCUT2D eigenvalue weighted by Gasteiger charge is 2.24. The van der Waals surface area contributed by atoms with E-state index < -0.39 is 0 Å². The first-order valence-electron chi connectivity index (χ1n) is 7.08. The standard InChI is InChI=1S/C15H14N4O2S/c1-8-2-5-12-10(6-8)17-14(21-12)19-15-18-11(7-22-15)13(20)16-9-3-4-9/h2,5-7,9H,3-4H2,1H3,(H,16,20)(H,17,18,19). The maximum Gasteiger partial charge on any atom is 0.302 e. The van der Waals surface area contributed by atoms with Gasteiger partial charge < -0.3 is 9.73 Å².